The number of rotatable bonds is 5. The number of hydrogen-bond donors (Lipinski definition) is 1. The first-order valence-electron chi connectivity index (χ1n) is 6.05. The Bertz CT molecular complexity index is 486. The van der Waals surface area contributed by atoms with E-state index in [-0.39, 0.29) is 5.92 Å². The molecule has 0 spiro atoms. The third-order valence-corrected chi connectivity index (χ3v) is 2.75. The Labute approximate surface area is 112 Å². The van der Waals surface area contributed by atoms with Crippen molar-refractivity contribution < 1.29 is 18.7 Å². The van der Waals surface area contributed by atoms with Crippen LogP contribution in [0.15, 0.2) is 18.2 Å². The largest absolute Gasteiger partial charge is 0.496 e. The Kier molecular flexibility index (Phi) is 5.03. The molecule has 104 valence electrons. The van der Waals surface area contributed by atoms with E-state index in [0.717, 1.165) is 0 Å². The second-order valence-corrected chi connectivity index (χ2v) is 4.60. The summed E-state index contributed by atoms with van der Waals surface area (Å²) >= 11 is 0. The van der Waals surface area contributed by atoms with Gasteiger partial charge in [0.25, 0.3) is 5.91 Å². The van der Waals surface area contributed by atoms with Gasteiger partial charge in [-0.2, -0.15) is 0 Å². The summed E-state index contributed by atoms with van der Waals surface area (Å²) in [5, 5.41) is 2.54. The highest BCUT2D eigenvalue weighted by atomic mass is 19.1. The minimum atomic E-state index is -0.672. The molecule has 1 N–H and O–H groups in total. The van der Waals surface area contributed by atoms with Gasteiger partial charge in [-0.1, -0.05) is 13.8 Å². The zero-order chi connectivity index (χ0) is 14.6. The van der Waals surface area contributed by atoms with Crippen molar-refractivity contribution >= 4 is 11.7 Å². The summed E-state index contributed by atoms with van der Waals surface area (Å²) in [5.74, 6) is -1.50. The smallest absolute Gasteiger partial charge is 0.288 e. The van der Waals surface area contributed by atoms with E-state index >= 15 is 0 Å². The van der Waals surface area contributed by atoms with Gasteiger partial charge in [-0.05, 0) is 25.1 Å². The van der Waals surface area contributed by atoms with Gasteiger partial charge in [0, 0.05) is 11.5 Å². The van der Waals surface area contributed by atoms with E-state index in [9.17, 15) is 14.0 Å². The Morgan fingerprint density at radius 3 is 2.42 bits per heavy atom. The third-order valence-electron chi connectivity index (χ3n) is 2.75. The molecule has 0 heterocycles. The number of carbonyl (C=O) groups excluding carboxylic acids is 2. The number of Topliss-reactive ketones (excluding diaryl/α,β-unsaturated/α-hetero) is 1. The van der Waals surface area contributed by atoms with Gasteiger partial charge in [-0.3, -0.25) is 9.59 Å². The molecule has 1 unspecified atom stereocenters. The molecular formula is C14H18FNO3. The lowest BCUT2D eigenvalue weighted by molar-refractivity contribution is -0.140. The van der Waals surface area contributed by atoms with Crippen LogP contribution in [0.2, 0.25) is 0 Å². The number of ether oxygens (including phenoxy) is 1. The molecule has 0 radical (unpaired) electrons. The maximum Gasteiger partial charge on any atom is 0.288 e. The lowest BCUT2D eigenvalue weighted by Crippen LogP contribution is -2.35. The van der Waals surface area contributed by atoms with Crippen LogP contribution in [-0.2, 0) is 9.59 Å². The van der Waals surface area contributed by atoms with Crippen LogP contribution < -0.4 is 10.1 Å². The summed E-state index contributed by atoms with van der Waals surface area (Å²) in [5.41, 5.74) is 0.493. The monoisotopic (exact) mass is 267 g/mol. The highest BCUT2D eigenvalue weighted by Crippen LogP contribution is 2.25. The summed E-state index contributed by atoms with van der Waals surface area (Å²) in [6.07, 6.45) is 0. The standard InChI is InChI=1S/C14H18FNO3/c1-8(2)13(17)14(18)16-9(3)11-7-10(15)5-6-12(11)19-4/h5-9H,1-4H3,(H,16,18). The van der Waals surface area contributed by atoms with Gasteiger partial charge in [0.2, 0.25) is 5.78 Å². The van der Waals surface area contributed by atoms with E-state index in [1.54, 1.807) is 20.8 Å². The Morgan fingerprint density at radius 1 is 1.26 bits per heavy atom. The van der Waals surface area contributed by atoms with Crippen molar-refractivity contribution in [2.45, 2.75) is 26.8 Å². The molecule has 1 rings (SSSR count). The maximum atomic E-state index is 13.2. The number of carbonyl (C=O) groups is 2. The summed E-state index contributed by atoms with van der Waals surface area (Å²) < 4.78 is 18.3. The lowest BCUT2D eigenvalue weighted by atomic mass is 10.0. The Morgan fingerprint density at radius 2 is 1.89 bits per heavy atom. The number of nitrogens with one attached hydrogen (secondary N) is 1. The zero-order valence-corrected chi connectivity index (χ0v) is 11.5. The van der Waals surface area contributed by atoms with Crippen LogP contribution in [0.5, 0.6) is 5.75 Å². The number of benzene rings is 1. The first-order chi connectivity index (χ1) is 8.86. The molecule has 5 heteroatoms. The summed E-state index contributed by atoms with van der Waals surface area (Å²) in [7, 11) is 1.46. The molecule has 4 nitrogen and oxygen atoms in total. The zero-order valence-electron chi connectivity index (χ0n) is 11.5. The van der Waals surface area contributed by atoms with Crippen molar-refractivity contribution in [3.63, 3.8) is 0 Å². The van der Waals surface area contributed by atoms with E-state index in [2.05, 4.69) is 5.32 Å². The molecule has 0 aromatic heterocycles. The number of halogens is 1. The first kappa shape index (κ1) is 15.1. The molecule has 0 aliphatic carbocycles. The second kappa shape index (κ2) is 6.31. The van der Waals surface area contributed by atoms with Gasteiger partial charge in [0.05, 0.1) is 13.2 Å². The molecule has 0 aliphatic heterocycles. The topological polar surface area (TPSA) is 55.4 Å². The number of ketones is 1. The normalized spacial score (nSPS) is 12.1. The maximum absolute atomic E-state index is 13.2. The molecular weight excluding hydrogens is 249 g/mol. The van der Waals surface area contributed by atoms with Gasteiger partial charge in [0.1, 0.15) is 11.6 Å². The van der Waals surface area contributed by atoms with Crippen LogP contribution >= 0.6 is 0 Å². The highest BCUT2D eigenvalue weighted by molar-refractivity contribution is 6.36. The first-order valence-corrected chi connectivity index (χ1v) is 6.05. The average molecular weight is 267 g/mol. The van der Waals surface area contributed by atoms with Crippen LogP contribution in [0.1, 0.15) is 32.4 Å². The van der Waals surface area contributed by atoms with Crippen LogP contribution in [0.25, 0.3) is 0 Å². The predicted octanol–water partition coefficient (Wildman–Crippen LogP) is 2.24. The SMILES string of the molecule is COc1ccc(F)cc1C(C)NC(=O)C(=O)C(C)C. The fourth-order valence-corrected chi connectivity index (χ4v) is 1.65. The summed E-state index contributed by atoms with van der Waals surface area (Å²) in [4.78, 5) is 23.2. The van der Waals surface area contributed by atoms with Crippen molar-refractivity contribution in [3.05, 3.63) is 29.6 Å². The summed E-state index contributed by atoms with van der Waals surface area (Å²) in [6.45, 7) is 4.97. The molecule has 0 saturated heterocycles. The molecule has 0 fully saturated rings. The molecule has 0 bridgehead atoms. The van der Waals surface area contributed by atoms with Gasteiger partial charge >= 0.3 is 0 Å². The quantitative estimate of drug-likeness (QED) is 0.832. The summed E-state index contributed by atoms with van der Waals surface area (Å²) in [6, 6.07) is 3.53. The van der Waals surface area contributed by atoms with Crippen molar-refractivity contribution in [1.82, 2.24) is 5.32 Å². The fraction of sp³-hybridized carbons (Fsp3) is 0.429. The van der Waals surface area contributed by atoms with Crippen LogP contribution in [-0.4, -0.2) is 18.8 Å². The van der Waals surface area contributed by atoms with Crippen molar-refractivity contribution in [2.24, 2.45) is 5.92 Å². The third kappa shape index (κ3) is 3.77. The van der Waals surface area contributed by atoms with E-state index in [0.29, 0.717) is 11.3 Å². The van der Waals surface area contributed by atoms with Gasteiger partial charge in [0.15, 0.2) is 0 Å². The molecule has 0 aliphatic rings. The van der Waals surface area contributed by atoms with Crippen LogP contribution in [0.3, 0.4) is 0 Å². The molecule has 19 heavy (non-hydrogen) atoms. The highest BCUT2D eigenvalue weighted by Gasteiger charge is 2.21. The molecule has 0 saturated carbocycles. The fourth-order valence-electron chi connectivity index (χ4n) is 1.65. The van der Waals surface area contributed by atoms with Crippen molar-refractivity contribution in [1.29, 1.82) is 0 Å². The van der Waals surface area contributed by atoms with Gasteiger partial charge in [-0.25, -0.2) is 4.39 Å². The average Bonchev–Trinajstić information content (AvgIpc) is 2.37. The molecule has 1 aromatic rings. The van der Waals surface area contributed by atoms with Crippen molar-refractivity contribution in [3.8, 4) is 5.75 Å². The van der Waals surface area contributed by atoms with Crippen LogP contribution in [0, 0.1) is 11.7 Å². The van der Waals surface area contributed by atoms with E-state index < -0.39 is 23.5 Å². The minimum Gasteiger partial charge on any atom is -0.496 e. The van der Waals surface area contributed by atoms with E-state index in [1.165, 1.54) is 25.3 Å². The lowest BCUT2D eigenvalue weighted by Gasteiger charge is -2.17. The van der Waals surface area contributed by atoms with Gasteiger partial charge in [-0.15, -0.1) is 0 Å². The minimum absolute atomic E-state index is 0.374. The van der Waals surface area contributed by atoms with Crippen molar-refractivity contribution in [2.75, 3.05) is 7.11 Å². The number of amides is 1. The Hall–Kier alpha value is -1.91. The predicted molar refractivity (Wildman–Crippen MR) is 69.4 cm³/mol. The Balaban J connectivity index is 2.89. The van der Waals surface area contributed by atoms with Crippen LogP contribution in [0.4, 0.5) is 4.39 Å². The number of hydrogen-bond acceptors (Lipinski definition) is 3. The van der Waals surface area contributed by atoms with Gasteiger partial charge < -0.3 is 10.1 Å². The molecule has 1 aromatic carbocycles. The number of methoxy groups -OCH3 is 1. The van der Waals surface area contributed by atoms with E-state index in [4.69, 9.17) is 4.74 Å². The molecule has 1 amide bonds. The second-order valence-electron chi connectivity index (χ2n) is 4.60. The molecule has 1 atom stereocenters. The van der Waals surface area contributed by atoms with E-state index in [1.807, 2.05) is 0 Å².